The van der Waals surface area contributed by atoms with Crippen molar-refractivity contribution in [1.82, 2.24) is 5.32 Å². The van der Waals surface area contributed by atoms with Crippen molar-refractivity contribution in [3.63, 3.8) is 0 Å². The molecule has 0 fully saturated rings. The van der Waals surface area contributed by atoms with Gasteiger partial charge in [0.05, 0.1) is 17.2 Å². The van der Waals surface area contributed by atoms with Crippen LogP contribution in [0.25, 0.3) is 0 Å². The molecule has 1 amide bonds. The van der Waals surface area contributed by atoms with Gasteiger partial charge in [-0.1, -0.05) is 12.1 Å². The summed E-state index contributed by atoms with van der Waals surface area (Å²) in [6.45, 7) is 1.78. The highest BCUT2D eigenvalue weighted by Crippen LogP contribution is 2.19. The molecule has 0 saturated heterocycles. The van der Waals surface area contributed by atoms with Crippen LogP contribution in [0.5, 0.6) is 0 Å². The summed E-state index contributed by atoms with van der Waals surface area (Å²) >= 11 is 0. The van der Waals surface area contributed by atoms with E-state index in [0.717, 1.165) is 36.1 Å². The molecule has 3 rings (SSSR count). The molecule has 11 heteroatoms. The van der Waals surface area contributed by atoms with Gasteiger partial charge >= 0.3 is 0 Å². The first-order valence-corrected chi connectivity index (χ1v) is 13.1. The number of sulfonamides is 2. The molecule has 0 aliphatic rings. The molecule has 0 aliphatic carbocycles. The Morgan fingerprint density at radius 2 is 1.30 bits per heavy atom. The number of carbonyl (C=O) groups excluding carboxylic acids is 1. The Morgan fingerprint density at radius 1 is 0.788 bits per heavy atom. The number of hydrogen-bond acceptors (Lipinski definition) is 5. The van der Waals surface area contributed by atoms with Crippen LogP contribution in [-0.2, 0) is 20.0 Å². The second-order valence-electron chi connectivity index (χ2n) is 7.33. The Kier molecular flexibility index (Phi) is 7.04. The molecule has 0 heterocycles. The summed E-state index contributed by atoms with van der Waals surface area (Å²) in [5.74, 6) is -0.908. The average Bonchev–Trinajstić information content (AvgIpc) is 2.73. The lowest BCUT2D eigenvalue weighted by Gasteiger charge is -2.15. The molecule has 0 aromatic heterocycles. The molecule has 0 bridgehead atoms. The molecule has 0 saturated carbocycles. The summed E-state index contributed by atoms with van der Waals surface area (Å²) in [6, 6.07) is 16.5. The Hall–Kier alpha value is -3.44. The number of carbonyl (C=O) groups is 1. The lowest BCUT2D eigenvalue weighted by molar-refractivity contribution is 0.0940. The van der Waals surface area contributed by atoms with E-state index in [1.807, 2.05) is 0 Å². The SMILES string of the molecule is C[C@H](NC(=O)c1ccc(NS(=O)(=O)c2ccc(F)cc2)cc1)c1ccc(NS(C)(=O)=O)cc1. The molecule has 174 valence electrons. The number of halogens is 1. The maximum absolute atomic E-state index is 13.0. The van der Waals surface area contributed by atoms with Crippen molar-refractivity contribution in [3.05, 3.63) is 89.7 Å². The standard InChI is InChI=1S/C22H22FN3O5S2/c1-15(16-3-9-19(10-4-16)25-32(2,28)29)24-22(27)17-5-11-20(12-6-17)26-33(30,31)21-13-7-18(23)8-14-21/h3-15,25-26H,1-2H3,(H,24,27)/t15-/m0/s1. The van der Waals surface area contributed by atoms with Gasteiger partial charge in [0, 0.05) is 16.9 Å². The van der Waals surface area contributed by atoms with Gasteiger partial charge in [-0.25, -0.2) is 21.2 Å². The number of rotatable bonds is 8. The third-order valence-corrected chi connectivity index (χ3v) is 6.59. The molecule has 0 spiro atoms. The lowest BCUT2D eigenvalue weighted by Crippen LogP contribution is -2.26. The zero-order chi connectivity index (χ0) is 24.2. The quantitative estimate of drug-likeness (QED) is 0.445. The smallest absolute Gasteiger partial charge is 0.261 e. The Balaban J connectivity index is 1.63. The van der Waals surface area contributed by atoms with E-state index in [-0.39, 0.29) is 22.5 Å². The number of benzene rings is 3. The van der Waals surface area contributed by atoms with Crippen molar-refractivity contribution in [3.8, 4) is 0 Å². The van der Waals surface area contributed by atoms with Crippen LogP contribution in [0.3, 0.4) is 0 Å². The highest BCUT2D eigenvalue weighted by Gasteiger charge is 2.16. The van der Waals surface area contributed by atoms with Gasteiger partial charge in [-0.05, 0) is 73.2 Å². The molecule has 0 radical (unpaired) electrons. The van der Waals surface area contributed by atoms with E-state index in [1.165, 1.54) is 24.3 Å². The number of nitrogens with one attached hydrogen (secondary N) is 3. The molecule has 0 unspecified atom stereocenters. The van der Waals surface area contributed by atoms with Crippen LogP contribution in [0.15, 0.2) is 77.7 Å². The summed E-state index contributed by atoms with van der Waals surface area (Å²) in [5.41, 5.74) is 1.75. The summed E-state index contributed by atoms with van der Waals surface area (Å²) in [7, 11) is -7.27. The highest BCUT2D eigenvalue weighted by molar-refractivity contribution is 7.92. The molecule has 8 nitrogen and oxygen atoms in total. The average molecular weight is 492 g/mol. The number of anilines is 2. The van der Waals surface area contributed by atoms with E-state index in [0.29, 0.717) is 11.3 Å². The van der Waals surface area contributed by atoms with E-state index < -0.39 is 25.9 Å². The number of hydrogen-bond donors (Lipinski definition) is 3. The van der Waals surface area contributed by atoms with E-state index in [2.05, 4.69) is 14.8 Å². The van der Waals surface area contributed by atoms with Gasteiger partial charge < -0.3 is 5.32 Å². The zero-order valence-corrected chi connectivity index (χ0v) is 19.4. The van der Waals surface area contributed by atoms with Crippen LogP contribution in [0.1, 0.15) is 28.9 Å². The highest BCUT2D eigenvalue weighted by atomic mass is 32.2. The fraction of sp³-hybridized carbons (Fsp3) is 0.136. The minimum atomic E-state index is -3.89. The molecular weight excluding hydrogens is 469 g/mol. The lowest BCUT2D eigenvalue weighted by atomic mass is 10.1. The van der Waals surface area contributed by atoms with Crippen LogP contribution in [0, 0.1) is 5.82 Å². The third-order valence-electron chi connectivity index (χ3n) is 4.58. The molecular formula is C22H22FN3O5S2. The topological polar surface area (TPSA) is 121 Å². The fourth-order valence-corrected chi connectivity index (χ4v) is 4.56. The predicted octanol–water partition coefficient (Wildman–Crippen LogP) is 3.49. The normalized spacial score (nSPS) is 12.6. The Bertz CT molecular complexity index is 1340. The van der Waals surface area contributed by atoms with Crippen molar-refractivity contribution in [1.29, 1.82) is 0 Å². The van der Waals surface area contributed by atoms with Crippen molar-refractivity contribution in [2.75, 3.05) is 15.7 Å². The Labute approximate surface area is 192 Å². The van der Waals surface area contributed by atoms with Gasteiger partial charge in [-0.3, -0.25) is 14.2 Å². The monoisotopic (exact) mass is 491 g/mol. The van der Waals surface area contributed by atoms with Gasteiger partial charge in [0.2, 0.25) is 10.0 Å². The maximum Gasteiger partial charge on any atom is 0.261 e. The van der Waals surface area contributed by atoms with Crippen LogP contribution in [-0.4, -0.2) is 29.0 Å². The Morgan fingerprint density at radius 3 is 1.85 bits per heavy atom. The van der Waals surface area contributed by atoms with E-state index in [4.69, 9.17) is 0 Å². The third kappa shape index (κ3) is 6.77. The van der Waals surface area contributed by atoms with Gasteiger partial charge in [0.15, 0.2) is 0 Å². The second-order valence-corrected chi connectivity index (χ2v) is 10.8. The fourth-order valence-electron chi connectivity index (χ4n) is 2.93. The first-order chi connectivity index (χ1) is 15.4. The van der Waals surface area contributed by atoms with Gasteiger partial charge in [0.1, 0.15) is 5.82 Å². The van der Waals surface area contributed by atoms with Crippen molar-refractivity contribution in [2.45, 2.75) is 17.9 Å². The zero-order valence-electron chi connectivity index (χ0n) is 17.7. The molecule has 3 N–H and O–H groups in total. The van der Waals surface area contributed by atoms with Gasteiger partial charge in [-0.2, -0.15) is 0 Å². The van der Waals surface area contributed by atoms with E-state index in [9.17, 15) is 26.0 Å². The number of amides is 1. The van der Waals surface area contributed by atoms with Crippen molar-refractivity contribution in [2.24, 2.45) is 0 Å². The van der Waals surface area contributed by atoms with Crippen LogP contribution in [0.2, 0.25) is 0 Å². The van der Waals surface area contributed by atoms with Crippen LogP contribution in [0.4, 0.5) is 15.8 Å². The first-order valence-electron chi connectivity index (χ1n) is 9.70. The van der Waals surface area contributed by atoms with E-state index in [1.54, 1.807) is 31.2 Å². The molecule has 33 heavy (non-hydrogen) atoms. The maximum atomic E-state index is 13.0. The molecule has 1 atom stereocenters. The van der Waals surface area contributed by atoms with Gasteiger partial charge in [0.25, 0.3) is 15.9 Å². The summed E-state index contributed by atoms with van der Waals surface area (Å²) in [4.78, 5) is 12.5. The van der Waals surface area contributed by atoms with E-state index >= 15 is 0 Å². The molecule has 3 aromatic carbocycles. The molecule has 3 aromatic rings. The predicted molar refractivity (Wildman–Crippen MR) is 124 cm³/mol. The second kappa shape index (κ2) is 9.59. The summed E-state index contributed by atoms with van der Waals surface area (Å²) in [6.07, 6.45) is 1.06. The van der Waals surface area contributed by atoms with Crippen LogP contribution >= 0.6 is 0 Å². The van der Waals surface area contributed by atoms with Crippen LogP contribution < -0.4 is 14.8 Å². The van der Waals surface area contributed by atoms with Gasteiger partial charge in [-0.15, -0.1) is 0 Å². The largest absolute Gasteiger partial charge is 0.346 e. The summed E-state index contributed by atoms with van der Waals surface area (Å²) in [5, 5.41) is 2.83. The minimum absolute atomic E-state index is 0.0858. The van der Waals surface area contributed by atoms with Crippen molar-refractivity contribution < 1.29 is 26.0 Å². The first kappa shape index (κ1) is 24.2. The molecule has 0 aliphatic heterocycles. The summed E-state index contributed by atoms with van der Waals surface area (Å²) < 4.78 is 65.1. The minimum Gasteiger partial charge on any atom is -0.346 e. The van der Waals surface area contributed by atoms with Crippen molar-refractivity contribution >= 4 is 37.3 Å².